The summed E-state index contributed by atoms with van der Waals surface area (Å²) in [5.74, 6) is 1.32. The number of amides is 1. The number of carbonyl (C=O) groups is 1. The molecule has 100 valence electrons. The van der Waals surface area contributed by atoms with Gasteiger partial charge in [-0.05, 0) is 18.3 Å². The molecule has 1 aliphatic carbocycles. The fourth-order valence-corrected chi connectivity index (χ4v) is 2.52. The third kappa shape index (κ3) is 4.28. The highest BCUT2D eigenvalue weighted by Gasteiger charge is 2.28. The minimum atomic E-state index is -0.161. The number of nitrogens with one attached hydrogen (secondary N) is 1. The van der Waals surface area contributed by atoms with Crippen molar-refractivity contribution in [2.45, 2.75) is 51.7 Å². The van der Waals surface area contributed by atoms with Crippen molar-refractivity contribution < 1.29 is 9.53 Å². The molecule has 1 saturated carbocycles. The van der Waals surface area contributed by atoms with Gasteiger partial charge in [0.1, 0.15) is 0 Å². The highest BCUT2D eigenvalue weighted by Crippen LogP contribution is 2.29. The van der Waals surface area contributed by atoms with Gasteiger partial charge in [0.05, 0.1) is 12.5 Å². The second-order valence-electron chi connectivity index (χ2n) is 5.24. The number of methoxy groups -OCH3 is 1. The molecule has 1 fully saturated rings. The number of hydrogen-bond acceptors (Lipinski definition) is 3. The van der Waals surface area contributed by atoms with Gasteiger partial charge in [0.15, 0.2) is 0 Å². The monoisotopic (exact) mass is 242 g/mol. The van der Waals surface area contributed by atoms with Crippen molar-refractivity contribution >= 4 is 5.91 Å². The number of carbonyl (C=O) groups excluding carboxylic acids is 1. The molecule has 4 heteroatoms. The standard InChI is InChI=1S/C13H26N2O2/c1-9-5-4-6-12(10(9)2)15-13(16)7-11(8-14)17-3/h9-12H,4-8,14H2,1-3H3,(H,15,16). The topological polar surface area (TPSA) is 64.3 Å². The average Bonchev–Trinajstić information content (AvgIpc) is 2.32. The van der Waals surface area contributed by atoms with Crippen LogP contribution in [0.25, 0.3) is 0 Å². The first kappa shape index (κ1) is 14.5. The Morgan fingerprint density at radius 2 is 2.18 bits per heavy atom. The number of ether oxygens (including phenoxy) is 1. The zero-order valence-electron chi connectivity index (χ0n) is 11.2. The Hall–Kier alpha value is -0.610. The molecule has 1 rings (SSSR count). The van der Waals surface area contributed by atoms with E-state index in [4.69, 9.17) is 10.5 Å². The molecule has 4 unspecified atom stereocenters. The SMILES string of the molecule is COC(CN)CC(=O)NC1CCCC(C)C1C. The van der Waals surface area contributed by atoms with Gasteiger partial charge < -0.3 is 15.8 Å². The van der Waals surface area contributed by atoms with Crippen LogP contribution in [0.5, 0.6) is 0 Å². The lowest BCUT2D eigenvalue weighted by atomic mass is 9.78. The van der Waals surface area contributed by atoms with Gasteiger partial charge in [-0.2, -0.15) is 0 Å². The largest absolute Gasteiger partial charge is 0.380 e. The van der Waals surface area contributed by atoms with Crippen LogP contribution in [0.4, 0.5) is 0 Å². The Kier molecular flexibility index (Phi) is 5.92. The van der Waals surface area contributed by atoms with Gasteiger partial charge in [-0.1, -0.05) is 26.7 Å². The molecular weight excluding hydrogens is 216 g/mol. The van der Waals surface area contributed by atoms with Crippen LogP contribution in [0.1, 0.15) is 39.5 Å². The first-order chi connectivity index (χ1) is 8.08. The molecule has 0 heterocycles. The molecule has 0 spiro atoms. The molecule has 0 saturated heterocycles. The summed E-state index contributed by atoms with van der Waals surface area (Å²) < 4.78 is 5.12. The second-order valence-corrected chi connectivity index (χ2v) is 5.24. The average molecular weight is 242 g/mol. The van der Waals surface area contributed by atoms with Gasteiger partial charge in [0.2, 0.25) is 5.91 Å². The van der Waals surface area contributed by atoms with Crippen molar-refractivity contribution in [1.29, 1.82) is 0 Å². The molecule has 0 aromatic rings. The fourth-order valence-electron chi connectivity index (χ4n) is 2.52. The summed E-state index contributed by atoms with van der Waals surface area (Å²) in [5.41, 5.74) is 5.51. The maximum absolute atomic E-state index is 11.8. The summed E-state index contributed by atoms with van der Waals surface area (Å²) in [6.45, 7) is 4.88. The minimum Gasteiger partial charge on any atom is -0.380 e. The zero-order valence-corrected chi connectivity index (χ0v) is 11.2. The van der Waals surface area contributed by atoms with Crippen molar-refractivity contribution in [1.82, 2.24) is 5.32 Å². The van der Waals surface area contributed by atoms with E-state index in [9.17, 15) is 4.79 Å². The highest BCUT2D eigenvalue weighted by atomic mass is 16.5. The van der Waals surface area contributed by atoms with Crippen LogP contribution in [-0.4, -0.2) is 31.7 Å². The van der Waals surface area contributed by atoms with Crippen LogP contribution in [0, 0.1) is 11.8 Å². The maximum Gasteiger partial charge on any atom is 0.222 e. The molecule has 4 nitrogen and oxygen atoms in total. The minimum absolute atomic E-state index is 0.0632. The van der Waals surface area contributed by atoms with Crippen LogP contribution >= 0.6 is 0 Å². The summed E-state index contributed by atoms with van der Waals surface area (Å²) in [5, 5.41) is 3.12. The molecule has 3 N–H and O–H groups in total. The summed E-state index contributed by atoms with van der Waals surface area (Å²) in [7, 11) is 1.59. The zero-order chi connectivity index (χ0) is 12.8. The van der Waals surface area contributed by atoms with Crippen LogP contribution in [0.3, 0.4) is 0 Å². The number of rotatable bonds is 5. The molecule has 0 radical (unpaired) electrons. The fraction of sp³-hybridized carbons (Fsp3) is 0.923. The van der Waals surface area contributed by atoms with Crippen LogP contribution in [0.15, 0.2) is 0 Å². The number of hydrogen-bond donors (Lipinski definition) is 2. The molecule has 0 aromatic heterocycles. The van der Waals surface area contributed by atoms with Crippen molar-refractivity contribution in [3.8, 4) is 0 Å². The molecule has 1 aliphatic rings. The Morgan fingerprint density at radius 1 is 1.47 bits per heavy atom. The van der Waals surface area contributed by atoms with Crippen molar-refractivity contribution in [2.24, 2.45) is 17.6 Å². The van der Waals surface area contributed by atoms with Crippen molar-refractivity contribution in [3.05, 3.63) is 0 Å². The summed E-state index contributed by atoms with van der Waals surface area (Å²) in [4.78, 5) is 11.8. The first-order valence-corrected chi connectivity index (χ1v) is 6.60. The van der Waals surface area contributed by atoms with E-state index in [0.29, 0.717) is 30.8 Å². The smallest absolute Gasteiger partial charge is 0.222 e. The molecular formula is C13H26N2O2. The normalized spacial score (nSPS) is 30.9. The summed E-state index contributed by atoms with van der Waals surface area (Å²) in [6, 6.07) is 0.321. The van der Waals surface area contributed by atoms with Gasteiger partial charge >= 0.3 is 0 Å². The van der Waals surface area contributed by atoms with E-state index >= 15 is 0 Å². The lowest BCUT2D eigenvalue weighted by molar-refractivity contribution is -0.124. The van der Waals surface area contributed by atoms with E-state index in [-0.39, 0.29) is 12.0 Å². The lowest BCUT2D eigenvalue weighted by Gasteiger charge is -2.34. The molecule has 0 aliphatic heterocycles. The predicted octanol–water partition coefficient (Wildman–Crippen LogP) is 1.29. The lowest BCUT2D eigenvalue weighted by Crippen LogP contribution is -2.45. The molecule has 0 bridgehead atoms. The highest BCUT2D eigenvalue weighted by molar-refractivity contribution is 5.76. The van der Waals surface area contributed by atoms with Crippen LogP contribution in [0.2, 0.25) is 0 Å². The van der Waals surface area contributed by atoms with E-state index in [0.717, 1.165) is 6.42 Å². The summed E-state index contributed by atoms with van der Waals surface area (Å²) in [6.07, 6.45) is 3.78. The van der Waals surface area contributed by atoms with Gasteiger partial charge in [0.25, 0.3) is 0 Å². The van der Waals surface area contributed by atoms with E-state index in [1.165, 1.54) is 12.8 Å². The molecule has 1 amide bonds. The maximum atomic E-state index is 11.8. The van der Waals surface area contributed by atoms with E-state index in [1.807, 2.05) is 0 Å². The van der Waals surface area contributed by atoms with E-state index in [2.05, 4.69) is 19.2 Å². The van der Waals surface area contributed by atoms with Crippen molar-refractivity contribution in [3.63, 3.8) is 0 Å². The van der Waals surface area contributed by atoms with Gasteiger partial charge in [0, 0.05) is 19.7 Å². The van der Waals surface area contributed by atoms with Gasteiger partial charge in [-0.25, -0.2) is 0 Å². The summed E-state index contributed by atoms with van der Waals surface area (Å²) >= 11 is 0. The second kappa shape index (κ2) is 6.97. The van der Waals surface area contributed by atoms with Crippen molar-refractivity contribution in [2.75, 3.05) is 13.7 Å². The third-order valence-electron chi connectivity index (χ3n) is 4.06. The van der Waals surface area contributed by atoms with E-state index < -0.39 is 0 Å². The van der Waals surface area contributed by atoms with Gasteiger partial charge in [-0.3, -0.25) is 4.79 Å². The quantitative estimate of drug-likeness (QED) is 0.763. The Balaban J connectivity index is 2.39. The van der Waals surface area contributed by atoms with Gasteiger partial charge in [-0.15, -0.1) is 0 Å². The predicted molar refractivity (Wildman–Crippen MR) is 68.6 cm³/mol. The Bertz CT molecular complexity index is 242. The Labute approximate surface area is 104 Å². The third-order valence-corrected chi connectivity index (χ3v) is 4.06. The molecule has 17 heavy (non-hydrogen) atoms. The van der Waals surface area contributed by atoms with Crippen LogP contribution in [-0.2, 0) is 9.53 Å². The number of nitrogens with two attached hydrogens (primary N) is 1. The molecule has 4 atom stereocenters. The van der Waals surface area contributed by atoms with E-state index in [1.54, 1.807) is 7.11 Å². The first-order valence-electron chi connectivity index (χ1n) is 6.60. The van der Waals surface area contributed by atoms with Crippen LogP contribution < -0.4 is 11.1 Å². The Morgan fingerprint density at radius 3 is 2.76 bits per heavy atom. The molecule has 0 aromatic carbocycles.